The topological polar surface area (TPSA) is 49.4 Å². The average Bonchev–Trinajstić information content (AvgIpc) is 2.62. The van der Waals surface area contributed by atoms with E-state index in [0.29, 0.717) is 13.0 Å². The van der Waals surface area contributed by atoms with Crippen LogP contribution < -0.4 is 66.9 Å². The van der Waals surface area contributed by atoms with Gasteiger partial charge in [-0.25, -0.2) is 0 Å². The Morgan fingerprint density at radius 3 is 1.86 bits per heavy atom. The third kappa shape index (κ3) is 6.49. The molecule has 5 heteroatoms. The molecule has 0 saturated carbocycles. The number of rotatable bonds is 8. The molecule has 144 valence electrons. The molecule has 2 aromatic carbocycles. The maximum absolute atomic E-state index is 10.6. The van der Waals surface area contributed by atoms with E-state index in [9.17, 15) is 9.90 Å². The molecule has 0 spiro atoms. The molecule has 0 bridgehead atoms. The van der Waals surface area contributed by atoms with E-state index < -0.39 is 14.3 Å². The van der Waals surface area contributed by atoms with Gasteiger partial charge in [0.25, 0.3) is 8.32 Å². The fraction of sp³-hybridized carbons (Fsp3) is 0.348. The zero-order valence-electron chi connectivity index (χ0n) is 17.7. The van der Waals surface area contributed by atoms with E-state index in [1.807, 2.05) is 25.1 Å². The standard InChI is InChI=1S/C23H30O3Si.K/c1-19(12-11-17-22(24)25)18-26-27(23(2,3)4,20-13-7-5-8-14-20)21-15-9-6-10-16-21;/h5-10,12-16H,11,17-18H2,1-4H3,(H,24,25);/q;+1/p-1/b19-12+;. The maximum Gasteiger partial charge on any atom is 1.00 e. The second-order valence-electron chi connectivity index (χ2n) is 7.91. The molecule has 0 aliphatic carbocycles. The van der Waals surface area contributed by atoms with E-state index in [1.165, 1.54) is 10.4 Å². The molecule has 0 saturated heterocycles. The monoisotopic (exact) mass is 420 g/mol. The van der Waals surface area contributed by atoms with Crippen molar-refractivity contribution in [2.24, 2.45) is 0 Å². The summed E-state index contributed by atoms with van der Waals surface area (Å²) in [5, 5.41) is 13.0. The third-order valence-electron chi connectivity index (χ3n) is 4.77. The summed E-state index contributed by atoms with van der Waals surface area (Å²) in [5.41, 5.74) is 1.05. The van der Waals surface area contributed by atoms with Crippen molar-refractivity contribution in [2.45, 2.75) is 45.6 Å². The summed E-state index contributed by atoms with van der Waals surface area (Å²) < 4.78 is 6.79. The number of hydrogen-bond donors (Lipinski definition) is 0. The summed E-state index contributed by atoms with van der Waals surface area (Å²) in [7, 11) is -2.54. The van der Waals surface area contributed by atoms with Crippen molar-refractivity contribution in [1.82, 2.24) is 0 Å². The Labute approximate surface area is 212 Å². The first-order valence-electron chi connectivity index (χ1n) is 9.38. The van der Waals surface area contributed by atoms with Crippen LogP contribution in [0.1, 0.15) is 40.5 Å². The van der Waals surface area contributed by atoms with Crippen molar-refractivity contribution in [3.05, 3.63) is 72.3 Å². The fourth-order valence-corrected chi connectivity index (χ4v) is 8.08. The van der Waals surface area contributed by atoms with E-state index in [4.69, 9.17) is 4.43 Å². The Balaban J connectivity index is 0.00000392. The number of carbonyl (C=O) groups is 1. The van der Waals surface area contributed by atoms with Crippen LogP contribution in [-0.4, -0.2) is 20.9 Å². The van der Waals surface area contributed by atoms with Gasteiger partial charge in [0.1, 0.15) is 0 Å². The molecule has 0 aliphatic rings. The molecular weight excluding hydrogens is 391 g/mol. The summed E-state index contributed by atoms with van der Waals surface area (Å²) in [4.78, 5) is 10.6. The van der Waals surface area contributed by atoms with Crippen LogP contribution >= 0.6 is 0 Å². The first-order valence-corrected chi connectivity index (χ1v) is 11.3. The quantitative estimate of drug-likeness (QED) is 0.448. The molecule has 2 aromatic rings. The number of hydrogen-bond acceptors (Lipinski definition) is 3. The number of carboxylic acids is 1. The van der Waals surface area contributed by atoms with E-state index in [0.717, 1.165) is 5.57 Å². The van der Waals surface area contributed by atoms with Gasteiger partial charge in [-0.1, -0.05) is 93.1 Å². The Bertz CT molecular complexity index is 728. The first kappa shape index (κ1) is 25.5. The Kier molecular flexibility index (Phi) is 10.6. The SMILES string of the molecule is C/C(=C\CCC(=O)[O-])CO[Si](c1ccccc1)(c1ccccc1)C(C)(C)C.[K+]. The predicted molar refractivity (Wildman–Crippen MR) is 112 cm³/mol. The molecule has 0 N–H and O–H groups in total. The van der Waals surface area contributed by atoms with Gasteiger partial charge in [0.05, 0.1) is 6.61 Å². The molecule has 3 nitrogen and oxygen atoms in total. The van der Waals surface area contributed by atoms with Gasteiger partial charge < -0.3 is 14.3 Å². The Morgan fingerprint density at radius 2 is 1.46 bits per heavy atom. The molecule has 0 fully saturated rings. The van der Waals surface area contributed by atoms with Gasteiger partial charge >= 0.3 is 51.4 Å². The largest absolute Gasteiger partial charge is 1.00 e. The maximum atomic E-state index is 10.6. The van der Waals surface area contributed by atoms with Crippen molar-refractivity contribution in [3.8, 4) is 0 Å². The van der Waals surface area contributed by atoms with E-state index in [-0.39, 0.29) is 62.8 Å². The van der Waals surface area contributed by atoms with Crippen LogP contribution in [0.15, 0.2) is 72.3 Å². The molecule has 0 atom stereocenters. The van der Waals surface area contributed by atoms with E-state index in [2.05, 4.69) is 69.3 Å². The van der Waals surface area contributed by atoms with Crippen LogP contribution in [0.4, 0.5) is 0 Å². The van der Waals surface area contributed by atoms with E-state index in [1.54, 1.807) is 0 Å². The molecule has 0 aromatic heterocycles. The first-order chi connectivity index (χ1) is 12.8. The zero-order chi connectivity index (χ0) is 19.9. The van der Waals surface area contributed by atoms with Gasteiger partial charge in [0, 0.05) is 5.97 Å². The normalized spacial score (nSPS) is 12.4. The summed E-state index contributed by atoms with van der Waals surface area (Å²) >= 11 is 0. The fourth-order valence-electron chi connectivity index (χ4n) is 3.48. The minimum Gasteiger partial charge on any atom is -0.550 e. The van der Waals surface area contributed by atoms with Gasteiger partial charge in [-0.3, -0.25) is 0 Å². The van der Waals surface area contributed by atoms with Crippen LogP contribution in [0.5, 0.6) is 0 Å². The summed E-state index contributed by atoms with van der Waals surface area (Å²) in [6.45, 7) is 9.21. The van der Waals surface area contributed by atoms with Gasteiger partial charge in [-0.05, 0) is 35.2 Å². The number of aliphatic carboxylic acids is 1. The van der Waals surface area contributed by atoms with Crippen LogP contribution in [0.2, 0.25) is 5.04 Å². The summed E-state index contributed by atoms with van der Waals surface area (Å²) in [6.07, 6.45) is 2.45. The smallest absolute Gasteiger partial charge is 0.550 e. The molecule has 0 amide bonds. The average molecular weight is 421 g/mol. The molecule has 0 heterocycles. The second-order valence-corrected chi connectivity index (χ2v) is 12.2. The molecule has 28 heavy (non-hydrogen) atoms. The summed E-state index contributed by atoms with van der Waals surface area (Å²) in [6, 6.07) is 21.0. The van der Waals surface area contributed by atoms with Crippen molar-refractivity contribution in [2.75, 3.05) is 6.61 Å². The summed E-state index contributed by atoms with van der Waals surface area (Å²) in [5.74, 6) is -1.02. The molecule has 0 unspecified atom stereocenters. The van der Waals surface area contributed by atoms with Crippen LogP contribution in [0.25, 0.3) is 0 Å². The number of carbonyl (C=O) groups excluding carboxylic acids is 1. The van der Waals surface area contributed by atoms with E-state index >= 15 is 0 Å². The number of allylic oxidation sites excluding steroid dienone is 1. The van der Waals surface area contributed by atoms with Gasteiger partial charge in [0.2, 0.25) is 0 Å². The Hall–Kier alpha value is -0.537. The van der Waals surface area contributed by atoms with Gasteiger partial charge in [-0.2, -0.15) is 0 Å². The zero-order valence-corrected chi connectivity index (χ0v) is 21.8. The Morgan fingerprint density at radius 1 is 1.00 bits per heavy atom. The third-order valence-corrected chi connectivity index (χ3v) is 9.76. The second kappa shape index (κ2) is 11.6. The number of benzene rings is 2. The van der Waals surface area contributed by atoms with Crippen molar-refractivity contribution >= 4 is 24.7 Å². The molecule has 0 aliphatic heterocycles. The predicted octanol–water partition coefficient (Wildman–Crippen LogP) is 0.0434. The molecular formula is C23H29KO3Si. The minimum atomic E-state index is -2.54. The molecule has 2 rings (SSSR count). The van der Waals surface area contributed by atoms with Crippen LogP contribution in [-0.2, 0) is 9.22 Å². The van der Waals surface area contributed by atoms with Crippen LogP contribution in [0.3, 0.4) is 0 Å². The minimum absolute atomic E-state index is 0. The van der Waals surface area contributed by atoms with Gasteiger partial charge in [-0.15, -0.1) is 0 Å². The van der Waals surface area contributed by atoms with Crippen molar-refractivity contribution in [3.63, 3.8) is 0 Å². The molecule has 0 radical (unpaired) electrons. The number of carboxylic acid groups (broad SMARTS) is 1. The van der Waals surface area contributed by atoms with Crippen molar-refractivity contribution in [1.29, 1.82) is 0 Å². The van der Waals surface area contributed by atoms with Crippen molar-refractivity contribution < 1.29 is 65.7 Å². The van der Waals surface area contributed by atoms with Crippen LogP contribution in [0, 0.1) is 0 Å². The van der Waals surface area contributed by atoms with Gasteiger partial charge in [0.15, 0.2) is 0 Å².